The van der Waals surface area contributed by atoms with Gasteiger partial charge in [-0.2, -0.15) is 0 Å². The maximum atomic E-state index is 9.24. The van der Waals surface area contributed by atoms with Gasteiger partial charge in [0, 0.05) is 19.6 Å². The van der Waals surface area contributed by atoms with Crippen LogP contribution in [-0.2, 0) is 5.41 Å². The van der Waals surface area contributed by atoms with Crippen molar-refractivity contribution >= 4 is 23.5 Å². The number of benzene rings is 4. The monoisotopic (exact) mass is 530 g/mol. The van der Waals surface area contributed by atoms with Gasteiger partial charge in [0.1, 0.15) is 5.75 Å². The first-order chi connectivity index (χ1) is 17.6. The van der Waals surface area contributed by atoms with Gasteiger partial charge in [0.15, 0.2) is 0 Å². The van der Waals surface area contributed by atoms with Crippen molar-refractivity contribution in [2.24, 2.45) is 0 Å². The smallest absolute Gasteiger partial charge is 0.115 e. The summed E-state index contributed by atoms with van der Waals surface area (Å²) in [6.45, 7) is 17.2. The van der Waals surface area contributed by atoms with Crippen LogP contribution in [0.4, 0.5) is 0 Å². The van der Waals surface area contributed by atoms with Crippen molar-refractivity contribution in [1.29, 1.82) is 0 Å². The van der Waals surface area contributed by atoms with E-state index in [0.717, 1.165) is 4.90 Å². The summed E-state index contributed by atoms with van der Waals surface area (Å²) >= 11 is 3.52. The topological polar surface area (TPSA) is 20.2 Å². The van der Waals surface area contributed by atoms with Gasteiger partial charge < -0.3 is 5.11 Å². The Morgan fingerprint density at radius 3 is 1.30 bits per heavy atom. The Hall–Kier alpha value is -2.62. The number of aryl methyl sites for hydroxylation is 1. The molecule has 0 heterocycles. The van der Waals surface area contributed by atoms with E-state index in [1.165, 1.54) is 31.4 Å². The molecule has 0 aliphatic carbocycles. The van der Waals surface area contributed by atoms with E-state index in [9.17, 15) is 5.11 Å². The molecule has 1 nitrogen and oxygen atoms in total. The highest BCUT2D eigenvalue weighted by atomic mass is 32.2. The van der Waals surface area contributed by atoms with Gasteiger partial charge in [-0.1, -0.05) is 114 Å². The van der Waals surface area contributed by atoms with E-state index < -0.39 is 0 Å². The molecule has 4 aromatic rings. The Labute approximate surface area is 233 Å². The lowest BCUT2D eigenvalue weighted by Gasteiger charge is -2.19. The van der Waals surface area contributed by atoms with E-state index in [0.29, 0.717) is 11.7 Å². The summed E-state index contributed by atoms with van der Waals surface area (Å²) in [5.74, 6) is 0.913. The number of hydrogen-bond acceptors (Lipinski definition) is 3. The molecule has 0 aliphatic heterocycles. The summed E-state index contributed by atoms with van der Waals surface area (Å²) < 4.78 is 0. The lowest BCUT2D eigenvalue weighted by Crippen LogP contribution is -2.10. The van der Waals surface area contributed by atoms with Crippen molar-refractivity contribution in [3.63, 3.8) is 0 Å². The number of phenols is 1. The highest BCUT2D eigenvalue weighted by Gasteiger charge is 2.12. The summed E-state index contributed by atoms with van der Waals surface area (Å²) in [4.78, 5) is 4.95. The number of hydrogen-bond donors (Lipinski definition) is 1. The second-order valence-electron chi connectivity index (χ2n) is 10.0. The van der Waals surface area contributed by atoms with Gasteiger partial charge >= 0.3 is 0 Å². The van der Waals surface area contributed by atoms with Crippen LogP contribution in [-0.4, -0.2) is 5.11 Å². The van der Waals surface area contributed by atoms with Crippen molar-refractivity contribution in [3.8, 4) is 5.75 Å². The van der Waals surface area contributed by atoms with Crippen LogP contribution in [0.3, 0.4) is 0 Å². The maximum Gasteiger partial charge on any atom is 0.115 e. The van der Waals surface area contributed by atoms with Crippen LogP contribution in [0.1, 0.15) is 71.1 Å². The van der Waals surface area contributed by atoms with Crippen molar-refractivity contribution < 1.29 is 5.11 Å². The molecule has 0 atom stereocenters. The van der Waals surface area contributed by atoms with E-state index in [2.05, 4.69) is 114 Å². The molecule has 4 rings (SSSR count). The fourth-order valence-electron chi connectivity index (χ4n) is 3.34. The third-order valence-corrected chi connectivity index (χ3v) is 7.63. The first kappa shape index (κ1) is 30.6. The molecule has 1 N–H and O–H groups in total. The molecule has 0 amide bonds. The molecule has 0 aliphatic rings. The fraction of sp³-hybridized carbons (Fsp3) is 0.294. The molecule has 0 spiro atoms. The first-order valence-corrected chi connectivity index (χ1v) is 14.7. The first-order valence-electron chi connectivity index (χ1n) is 13.0. The molecule has 0 fully saturated rings. The van der Waals surface area contributed by atoms with E-state index in [1.54, 1.807) is 23.9 Å². The molecule has 0 bridgehead atoms. The molecule has 37 heavy (non-hydrogen) atoms. The summed E-state index contributed by atoms with van der Waals surface area (Å²) in [6.07, 6.45) is 0. The molecule has 0 unspecified atom stereocenters. The summed E-state index contributed by atoms with van der Waals surface area (Å²) in [6, 6.07) is 33.5. The van der Waals surface area contributed by atoms with Crippen molar-refractivity contribution in [2.75, 3.05) is 0 Å². The Bertz CT molecular complexity index is 1170. The van der Waals surface area contributed by atoms with Gasteiger partial charge in [-0.15, -0.1) is 0 Å². The molecule has 3 heteroatoms. The third kappa shape index (κ3) is 10.7. The van der Waals surface area contributed by atoms with Crippen LogP contribution >= 0.6 is 23.5 Å². The average Bonchev–Trinajstić information content (AvgIpc) is 2.88. The standard InChI is InChI=1S/C16H18OS.C16H18S.C2H6/c1-16(2,3)12-4-8-14(9-5-12)18-15-10-6-13(17)7-11-15;1-12(2)14-6-10-16(11-7-14)17-15-8-4-13(3)5-9-15;1-2/h4-11,17H,1-3H3;4-12H,1-3H3;1-2H3. The highest BCUT2D eigenvalue weighted by Crippen LogP contribution is 2.31. The van der Waals surface area contributed by atoms with E-state index >= 15 is 0 Å². The molecule has 196 valence electrons. The van der Waals surface area contributed by atoms with E-state index in [4.69, 9.17) is 0 Å². The van der Waals surface area contributed by atoms with Crippen LogP contribution in [0.25, 0.3) is 0 Å². The Morgan fingerprint density at radius 1 is 0.568 bits per heavy atom. The fourth-order valence-corrected chi connectivity index (χ4v) is 4.97. The largest absolute Gasteiger partial charge is 0.508 e. The van der Waals surface area contributed by atoms with Crippen molar-refractivity contribution in [1.82, 2.24) is 0 Å². The van der Waals surface area contributed by atoms with Crippen molar-refractivity contribution in [3.05, 3.63) is 114 Å². The van der Waals surface area contributed by atoms with Gasteiger partial charge in [0.2, 0.25) is 0 Å². The zero-order valence-electron chi connectivity index (χ0n) is 23.6. The number of phenolic OH excluding ortho intramolecular Hbond substituents is 1. The molecule has 0 radical (unpaired) electrons. The van der Waals surface area contributed by atoms with Crippen LogP contribution < -0.4 is 0 Å². The van der Waals surface area contributed by atoms with Crippen LogP contribution in [0.2, 0.25) is 0 Å². The summed E-state index contributed by atoms with van der Waals surface area (Å²) in [7, 11) is 0. The Kier molecular flexibility index (Phi) is 12.4. The average molecular weight is 531 g/mol. The zero-order chi connectivity index (χ0) is 27.4. The molecule has 0 saturated carbocycles. The van der Waals surface area contributed by atoms with Gasteiger partial charge in [0.05, 0.1) is 0 Å². The predicted octanol–water partition coefficient (Wildman–Crippen LogP) is 11.1. The van der Waals surface area contributed by atoms with Crippen LogP contribution in [0.15, 0.2) is 117 Å². The summed E-state index contributed by atoms with van der Waals surface area (Å²) in [5.41, 5.74) is 4.25. The lowest BCUT2D eigenvalue weighted by atomic mass is 9.87. The maximum absolute atomic E-state index is 9.24. The molecule has 0 saturated heterocycles. The Morgan fingerprint density at radius 2 is 0.919 bits per heavy atom. The van der Waals surface area contributed by atoms with Gasteiger partial charge in [-0.05, 0) is 90.0 Å². The second-order valence-corrected chi connectivity index (χ2v) is 12.3. The predicted molar refractivity (Wildman–Crippen MR) is 165 cm³/mol. The van der Waals surface area contributed by atoms with Crippen molar-refractivity contribution in [2.45, 2.75) is 86.3 Å². The minimum absolute atomic E-state index is 0.196. The van der Waals surface area contributed by atoms with E-state index in [1.807, 2.05) is 37.7 Å². The van der Waals surface area contributed by atoms with Gasteiger partial charge in [-0.25, -0.2) is 0 Å². The normalized spacial score (nSPS) is 10.7. The van der Waals surface area contributed by atoms with Gasteiger partial charge in [-0.3, -0.25) is 0 Å². The zero-order valence-corrected chi connectivity index (χ0v) is 25.2. The molecular formula is C34H42OS2. The molecule has 0 aromatic heterocycles. The number of aromatic hydroxyl groups is 1. The van der Waals surface area contributed by atoms with Crippen LogP contribution in [0, 0.1) is 6.92 Å². The SMILES string of the molecule is CC.CC(C)(C)c1ccc(Sc2ccc(O)cc2)cc1.Cc1ccc(Sc2ccc(C(C)C)cc2)cc1. The summed E-state index contributed by atoms with van der Waals surface area (Å²) in [5, 5.41) is 9.24. The Balaban J connectivity index is 0.000000244. The highest BCUT2D eigenvalue weighted by molar-refractivity contribution is 7.99. The minimum Gasteiger partial charge on any atom is -0.508 e. The minimum atomic E-state index is 0.196. The lowest BCUT2D eigenvalue weighted by molar-refractivity contribution is 0.475. The molecular weight excluding hydrogens is 489 g/mol. The van der Waals surface area contributed by atoms with E-state index in [-0.39, 0.29) is 5.41 Å². The molecule has 4 aromatic carbocycles. The van der Waals surface area contributed by atoms with Gasteiger partial charge in [0.25, 0.3) is 0 Å². The van der Waals surface area contributed by atoms with Crippen LogP contribution in [0.5, 0.6) is 5.75 Å². The second kappa shape index (κ2) is 15.0. The quantitative estimate of drug-likeness (QED) is 0.277. The third-order valence-electron chi connectivity index (χ3n) is 5.60. The number of rotatable bonds is 5.